The number of nitrogens with one attached hydrogen (secondary N) is 2. The summed E-state index contributed by atoms with van der Waals surface area (Å²) in [7, 11) is 1.48. The van der Waals surface area contributed by atoms with Crippen molar-refractivity contribution in [2.45, 2.75) is 13.0 Å². The Labute approximate surface area is 205 Å². The molecule has 0 fully saturated rings. The first kappa shape index (κ1) is 25.2. The molecule has 1 atom stereocenters. The summed E-state index contributed by atoms with van der Waals surface area (Å²) in [6, 6.07) is 5.30. The van der Waals surface area contributed by atoms with E-state index >= 15 is 0 Å². The number of ether oxygens (including phenoxy) is 1. The van der Waals surface area contributed by atoms with Gasteiger partial charge in [0.1, 0.15) is 11.9 Å². The van der Waals surface area contributed by atoms with Crippen LogP contribution in [-0.4, -0.2) is 41.9 Å². The van der Waals surface area contributed by atoms with E-state index in [4.69, 9.17) is 4.74 Å². The van der Waals surface area contributed by atoms with Gasteiger partial charge in [0.25, 0.3) is 5.91 Å². The zero-order valence-corrected chi connectivity index (χ0v) is 19.0. The lowest BCUT2D eigenvalue weighted by Crippen LogP contribution is -2.19. The largest absolute Gasteiger partial charge is 0.441 e. The highest BCUT2D eigenvalue weighted by molar-refractivity contribution is 6.04. The summed E-state index contributed by atoms with van der Waals surface area (Å²) in [5.41, 5.74) is 0.0209. The molecule has 0 spiro atoms. The number of pyridine rings is 3. The van der Waals surface area contributed by atoms with Crippen LogP contribution >= 0.6 is 0 Å². The lowest BCUT2D eigenvalue weighted by Gasteiger charge is -2.15. The van der Waals surface area contributed by atoms with Crippen LogP contribution in [-0.2, 0) is 11.8 Å². The van der Waals surface area contributed by atoms with Crippen LogP contribution in [0, 0.1) is 23.7 Å². The molecule has 4 heterocycles. The number of aryl methyl sites for hydroxylation is 1. The van der Waals surface area contributed by atoms with Crippen molar-refractivity contribution in [2.75, 3.05) is 10.6 Å². The van der Waals surface area contributed by atoms with Crippen LogP contribution in [0.25, 0.3) is 11.4 Å². The third-order valence-corrected chi connectivity index (χ3v) is 4.89. The topological polar surface area (TPSA) is 137 Å². The van der Waals surface area contributed by atoms with E-state index in [-0.39, 0.29) is 34.0 Å². The van der Waals surface area contributed by atoms with E-state index in [2.05, 4.69) is 35.9 Å². The number of nitrogens with zero attached hydrogens (tertiary/aromatic N) is 6. The molecule has 0 aromatic carbocycles. The second kappa shape index (κ2) is 10.3. The minimum atomic E-state index is -1.17. The Bertz CT molecular complexity index is 1460. The highest BCUT2D eigenvalue weighted by Gasteiger charge is 2.21. The maximum Gasteiger partial charge on any atom is 0.413 e. The number of aromatic nitrogens is 6. The Morgan fingerprint density at radius 2 is 1.73 bits per heavy atom. The van der Waals surface area contributed by atoms with Gasteiger partial charge >= 0.3 is 6.09 Å². The standard InChI is InChI=1S/C22H16F4N8O3/c1-10(14-7-12(23)8-28-19(14)26)37-22(36)31-20-18(32-33-34(20)2)15-4-3-13(9-27-15)29-21(35)11-5-16(24)30-17(25)6-11/h3-10H,1-2H3,(H,29,35)(H,31,36)/t10-/m1/s1. The zero-order chi connectivity index (χ0) is 26.7. The van der Waals surface area contributed by atoms with Crippen LogP contribution in [0.1, 0.15) is 28.9 Å². The van der Waals surface area contributed by atoms with Crippen molar-refractivity contribution < 1.29 is 31.9 Å². The lowest BCUT2D eigenvalue weighted by atomic mass is 10.2. The van der Waals surface area contributed by atoms with E-state index in [0.717, 1.165) is 18.2 Å². The van der Waals surface area contributed by atoms with Crippen molar-refractivity contribution in [1.29, 1.82) is 0 Å². The molecule has 0 aliphatic rings. The van der Waals surface area contributed by atoms with E-state index in [9.17, 15) is 27.2 Å². The fourth-order valence-electron chi connectivity index (χ4n) is 3.15. The van der Waals surface area contributed by atoms with Crippen LogP contribution in [0.2, 0.25) is 0 Å². The normalized spacial score (nSPS) is 11.6. The lowest BCUT2D eigenvalue weighted by molar-refractivity contribution is 0.102. The molecule has 4 aromatic rings. The Morgan fingerprint density at radius 3 is 2.41 bits per heavy atom. The summed E-state index contributed by atoms with van der Waals surface area (Å²) in [6.45, 7) is 1.34. The Morgan fingerprint density at radius 1 is 1.00 bits per heavy atom. The molecule has 4 aromatic heterocycles. The van der Waals surface area contributed by atoms with Gasteiger partial charge in [-0.3, -0.25) is 15.1 Å². The van der Waals surface area contributed by atoms with Crippen LogP contribution in [0.15, 0.2) is 42.7 Å². The molecular weight excluding hydrogens is 500 g/mol. The quantitative estimate of drug-likeness (QED) is 0.292. The summed E-state index contributed by atoms with van der Waals surface area (Å²) >= 11 is 0. The van der Waals surface area contributed by atoms with E-state index in [1.54, 1.807) is 0 Å². The van der Waals surface area contributed by atoms with Gasteiger partial charge in [-0.15, -0.1) is 5.10 Å². The van der Waals surface area contributed by atoms with Gasteiger partial charge in [0.05, 0.1) is 29.3 Å². The van der Waals surface area contributed by atoms with Gasteiger partial charge in [-0.2, -0.15) is 18.2 Å². The molecule has 0 saturated heterocycles. The Balaban J connectivity index is 1.46. The summed E-state index contributed by atoms with van der Waals surface area (Å²) < 4.78 is 60.1. The number of halogens is 4. The molecule has 0 bridgehead atoms. The second-order valence-corrected chi connectivity index (χ2v) is 7.50. The Kier molecular flexibility index (Phi) is 7.04. The summed E-state index contributed by atoms with van der Waals surface area (Å²) in [5, 5.41) is 12.6. The Hall–Kier alpha value is -4.95. The highest BCUT2D eigenvalue weighted by Crippen LogP contribution is 2.26. The minimum absolute atomic E-state index is 0.0714. The zero-order valence-electron chi connectivity index (χ0n) is 19.0. The van der Waals surface area contributed by atoms with Crippen molar-refractivity contribution >= 4 is 23.5 Å². The predicted molar refractivity (Wildman–Crippen MR) is 119 cm³/mol. The van der Waals surface area contributed by atoms with Crippen molar-refractivity contribution in [3.05, 3.63) is 77.5 Å². The number of rotatable bonds is 6. The van der Waals surface area contributed by atoms with Crippen molar-refractivity contribution in [2.24, 2.45) is 7.05 Å². The first-order valence-electron chi connectivity index (χ1n) is 10.4. The van der Waals surface area contributed by atoms with Gasteiger partial charge in [0.15, 0.2) is 11.5 Å². The molecule has 0 radical (unpaired) electrons. The number of amides is 2. The summed E-state index contributed by atoms with van der Waals surface area (Å²) in [6.07, 6.45) is -0.235. The van der Waals surface area contributed by atoms with E-state index < -0.39 is 41.8 Å². The maximum atomic E-state index is 13.9. The van der Waals surface area contributed by atoms with Crippen LogP contribution in [0.4, 0.5) is 33.9 Å². The molecule has 37 heavy (non-hydrogen) atoms. The van der Waals surface area contributed by atoms with Crippen LogP contribution < -0.4 is 10.6 Å². The first-order chi connectivity index (χ1) is 17.6. The van der Waals surface area contributed by atoms with Crippen molar-refractivity contribution in [3.63, 3.8) is 0 Å². The van der Waals surface area contributed by atoms with Gasteiger partial charge in [-0.25, -0.2) is 18.9 Å². The minimum Gasteiger partial charge on any atom is -0.441 e. The third kappa shape index (κ3) is 5.83. The fraction of sp³-hybridized carbons (Fsp3) is 0.136. The van der Waals surface area contributed by atoms with Gasteiger partial charge < -0.3 is 10.1 Å². The smallest absolute Gasteiger partial charge is 0.413 e. The van der Waals surface area contributed by atoms with Crippen molar-refractivity contribution in [3.8, 4) is 11.4 Å². The molecule has 15 heteroatoms. The molecule has 4 rings (SSSR count). The molecular formula is C22H16F4N8O3. The number of anilines is 2. The van der Waals surface area contributed by atoms with E-state index in [1.165, 1.54) is 37.0 Å². The molecule has 2 N–H and O–H groups in total. The molecule has 0 saturated carbocycles. The van der Waals surface area contributed by atoms with Gasteiger partial charge in [-0.1, -0.05) is 5.21 Å². The van der Waals surface area contributed by atoms with E-state index in [1.807, 2.05) is 0 Å². The van der Waals surface area contributed by atoms with Crippen LogP contribution in [0.5, 0.6) is 0 Å². The van der Waals surface area contributed by atoms with Crippen molar-refractivity contribution in [1.82, 2.24) is 29.9 Å². The third-order valence-electron chi connectivity index (χ3n) is 4.89. The second-order valence-electron chi connectivity index (χ2n) is 7.50. The predicted octanol–water partition coefficient (Wildman–Crippen LogP) is 3.79. The van der Waals surface area contributed by atoms with Gasteiger partial charge in [-0.05, 0) is 25.1 Å². The fourth-order valence-corrected chi connectivity index (χ4v) is 3.15. The maximum absolute atomic E-state index is 13.9. The molecule has 0 aliphatic carbocycles. The summed E-state index contributed by atoms with van der Waals surface area (Å²) in [5.74, 6) is -4.80. The first-order valence-corrected chi connectivity index (χ1v) is 10.4. The average Bonchev–Trinajstić information content (AvgIpc) is 3.20. The molecule has 190 valence electrons. The number of carbonyl (C=O) groups excluding carboxylic acids is 2. The molecule has 2 amide bonds. The molecule has 11 nitrogen and oxygen atoms in total. The van der Waals surface area contributed by atoms with Gasteiger partial charge in [0, 0.05) is 24.7 Å². The number of hydrogen-bond acceptors (Lipinski definition) is 8. The average molecular weight is 516 g/mol. The van der Waals surface area contributed by atoms with E-state index in [0.29, 0.717) is 6.20 Å². The highest BCUT2D eigenvalue weighted by atomic mass is 19.1. The number of carbonyl (C=O) groups is 2. The SMILES string of the molecule is C[C@@H](OC(=O)Nc1c(-c2ccc(NC(=O)c3cc(F)nc(F)c3)cn2)nnn1C)c1cc(F)cnc1F. The number of hydrogen-bond donors (Lipinski definition) is 2. The van der Waals surface area contributed by atoms with Crippen LogP contribution in [0.3, 0.4) is 0 Å². The summed E-state index contributed by atoms with van der Waals surface area (Å²) in [4.78, 5) is 35.0. The van der Waals surface area contributed by atoms with Gasteiger partial charge in [0.2, 0.25) is 17.8 Å². The monoisotopic (exact) mass is 516 g/mol. The molecule has 0 unspecified atom stereocenters. The molecule has 0 aliphatic heterocycles.